The molecule has 0 saturated carbocycles. The van der Waals surface area contributed by atoms with Crippen molar-refractivity contribution in [1.82, 2.24) is 5.01 Å². The molecular formula is C21H43ClN2O. The summed E-state index contributed by atoms with van der Waals surface area (Å²) in [6, 6.07) is 0. The Bertz CT molecular complexity index is 369. The molecule has 0 aliphatic heterocycles. The minimum absolute atomic E-state index is 0. The van der Waals surface area contributed by atoms with Crippen LogP contribution in [0, 0.1) is 5.92 Å². The standard InChI is InChI=1S/C21H42N2O.ClH/c1-7-8-9-10-11-12-13-14-15-16-17-19(4)21(5,6)23(22)20(24)18(2)3;/h19H,2,7-17,22H2,1,3-6H3;1H. The summed E-state index contributed by atoms with van der Waals surface area (Å²) < 4.78 is 0. The summed E-state index contributed by atoms with van der Waals surface area (Å²) >= 11 is 0. The van der Waals surface area contributed by atoms with Crippen LogP contribution in [0.25, 0.3) is 0 Å². The molecule has 0 spiro atoms. The van der Waals surface area contributed by atoms with Crippen molar-refractivity contribution < 1.29 is 4.79 Å². The number of unbranched alkanes of at least 4 members (excludes halogenated alkanes) is 9. The minimum Gasteiger partial charge on any atom is -0.271 e. The number of halogens is 1. The second-order valence-corrected chi connectivity index (χ2v) is 7.98. The molecule has 2 N–H and O–H groups in total. The highest BCUT2D eigenvalue weighted by atomic mass is 35.5. The first-order chi connectivity index (χ1) is 11.2. The van der Waals surface area contributed by atoms with Crippen LogP contribution >= 0.6 is 12.4 Å². The van der Waals surface area contributed by atoms with Crippen LogP contribution in [0.15, 0.2) is 12.2 Å². The first-order valence-corrected chi connectivity index (χ1v) is 9.99. The van der Waals surface area contributed by atoms with E-state index in [0.29, 0.717) is 11.5 Å². The third kappa shape index (κ3) is 10.9. The first-order valence-electron chi connectivity index (χ1n) is 9.99. The number of amides is 1. The topological polar surface area (TPSA) is 46.3 Å². The van der Waals surface area contributed by atoms with Gasteiger partial charge in [0.05, 0.1) is 5.54 Å². The normalized spacial score (nSPS) is 12.4. The van der Waals surface area contributed by atoms with Gasteiger partial charge in [0, 0.05) is 5.57 Å². The van der Waals surface area contributed by atoms with E-state index in [0.717, 1.165) is 6.42 Å². The van der Waals surface area contributed by atoms with Gasteiger partial charge in [-0.2, -0.15) is 0 Å². The van der Waals surface area contributed by atoms with E-state index in [4.69, 9.17) is 5.84 Å². The second kappa shape index (κ2) is 14.6. The largest absolute Gasteiger partial charge is 0.271 e. The fourth-order valence-corrected chi connectivity index (χ4v) is 3.00. The van der Waals surface area contributed by atoms with Gasteiger partial charge in [0.2, 0.25) is 0 Å². The number of nitrogens with two attached hydrogens (primary N) is 1. The zero-order valence-corrected chi connectivity index (χ0v) is 18.2. The van der Waals surface area contributed by atoms with Gasteiger partial charge in [-0.15, -0.1) is 12.4 Å². The zero-order chi connectivity index (χ0) is 18.6. The molecule has 0 saturated heterocycles. The highest BCUT2D eigenvalue weighted by Gasteiger charge is 2.33. The summed E-state index contributed by atoms with van der Waals surface area (Å²) in [7, 11) is 0. The Kier molecular flexibility index (Phi) is 15.6. The maximum atomic E-state index is 12.0. The Balaban J connectivity index is 0. The fourth-order valence-electron chi connectivity index (χ4n) is 3.00. The van der Waals surface area contributed by atoms with Gasteiger partial charge in [-0.25, -0.2) is 5.84 Å². The molecule has 150 valence electrons. The van der Waals surface area contributed by atoms with Gasteiger partial charge in [-0.1, -0.05) is 84.6 Å². The van der Waals surface area contributed by atoms with E-state index in [1.807, 2.05) is 0 Å². The van der Waals surface area contributed by atoms with Crippen molar-refractivity contribution in [2.45, 2.75) is 111 Å². The lowest BCUT2D eigenvalue weighted by atomic mass is 9.84. The Labute approximate surface area is 163 Å². The molecule has 0 radical (unpaired) electrons. The van der Waals surface area contributed by atoms with E-state index < -0.39 is 0 Å². The number of rotatable bonds is 14. The molecule has 0 bridgehead atoms. The molecule has 1 amide bonds. The molecule has 0 aromatic rings. The summed E-state index contributed by atoms with van der Waals surface area (Å²) in [4.78, 5) is 12.0. The molecule has 0 heterocycles. The lowest BCUT2D eigenvalue weighted by Crippen LogP contribution is -2.55. The van der Waals surface area contributed by atoms with E-state index in [1.165, 1.54) is 69.2 Å². The van der Waals surface area contributed by atoms with Crippen molar-refractivity contribution >= 4 is 18.3 Å². The molecule has 0 aliphatic rings. The summed E-state index contributed by atoms with van der Waals surface area (Å²) in [5.41, 5.74) is 0.159. The minimum atomic E-state index is -0.338. The van der Waals surface area contributed by atoms with Gasteiger partial charge >= 0.3 is 0 Å². The van der Waals surface area contributed by atoms with Crippen molar-refractivity contribution in [2.24, 2.45) is 11.8 Å². The smallest absolute Gasteiger partial charge is 0.263 e. The molecule has 25 heavy (non-hydrogen) atoms. The third-order valence-corrected chi connectivity index (χ3v) is 5.40. The van der Waals surface area contributed by atoms with Crippen LogP contribution in [0.3, 0.4) is 0 Å². The van der Waals surface area contributed by atoms with Gasteiger partial charge < -0.3 is 0 Å². The number of nitrogens with zero attached hydrogens (tertiary/aromatic N) is 1. The second-order valence-electron chi connectivity index (χ2n) is 7.98. The molecule has 0 aromatic heterocycles. The lowest BCUT2D eigenvalue weighted by molar-refractivity contribution is -0.134. The maximum Gasteiger partial charge on any atom is 0.263 e. The Morgan fingerprint density at radius 3 is 1.80 bits per heavy atom. The van der Waals surface area contributed by atoms with Gasteiger partial charge in [-0.3, -0.25) is 9.80 Å². The molecule has 1 atom stereocenters. The van der Waals surface area contributed by atoms with E-state index in [-0.39, 0.29) is 23.9 Å². The predicted octanol–water partition coefficient (Wildman–Crippen LogP) is 6.41. The van der Waals surface area contributed by atoms with E-state index in [2.05, 4.69) is 34.3 Å². The van der Waals surface area contributed by atoms with Gasteiger partial charge in [-0.05, 0) is 33.1 Å². The number of hydrogen-bond donors (Lipinski definition) is 1. The Hall–Kier alpha value is -0.540. The molecule has 0 aromatic carbocycles. The van der Waals surface area contributed by atoms with E-state index >= 15 is 0 Å². The fraction of sp³-hybridized carbons (Fsp3) is 0.857. The van der Waals surface area contributed by atoms with Crippen LogP contribution < -0.4 is 5.84 Å². The lowest BCUT2D eigenvalue weighted by Gasteiger charge is -2.40. The molecular weight excluding hydrogens is 332 g/mol. The molecule has 0 rings (SSSR count). The van der Waals surface area contributed by atoms with Crippen molar-refractivity contribution in [3.63, 3.8) is 0 Å². The van der Waals surface area contributed by atoms with Gasteiger partial charge in [0.1, 0.15) is 0 Å². The quantitative estimate of drug-likeness (QED) is 0.125. The van der Waals surface area contributed by atoms with Gasteiger partial charge in [0.25, 0.3) is 5.91 Å². The molecule has 4 heteroatoms. The predicted molar refractivity (Wildman–Crippen MR) is 113 cm³/mol. The summed E-state index contributed by atoms with van der Waals surface area (Å²) in [6.45, 7) is 14.0. The number of hydrogen-bond acceptors (Lipinski definition) is 2. The third-order valence-electron chi connectivity index (χ3n) is 5.40. The van der Waals surface area contributed by atoms with Crippen molar-refractivity contribution in [3.8, 4) is 0 Å². The number of hydrazine groups is 1. The highest BCUT2D eigenvalue weighted by molar-refractivity contribution is 5.92. The highest BCUT2D eigenvalue weighted by Crippen LogP contribution is 2.27. The van der Waals surface area contributed by atoms with Crippen LogP contribution in [0.2, 0.25) is 0 Å². The first kappa shape index (κ1) is 26.7. The zero-order valence-electron chi connectivity index (χ0n) is 17.4. The summed E-state index contributed by atoms with van der Waals surface area (Å²) in [5.74, 6) is 6.26. The number of carbonyl (C=O) groups is 1. The molecule has 0 aliphatic carbocycles. The molecule has 0 fully saturated rings. The average molecular weight is 375 g/mol. The summed E-state index contributed by atoms with van der Waals surface area (Å²) in [5, 5.41) is 1.37. The number of carbonyl (C=O) groups excluding carboxylic acids is 1. The average Bonchev–Trinajstić information content (AvgIpc) is 2.54. The summed E-state index contributed by atoms with van der Waals surface area (Å²) in [6.07, 6.45) is 14.6. The SMILES string of the molecule is C=C(C)C(=O)N(N)C(C)(C)C(C)CCCCCCCCCCCC.Cl. The van der Waals surface area contributed by atoms with E-state index in [1.54, 1.807) is 6.92 Å². The van der Waals surface area contributed by atoms with Crippen molar-refractivity contribution in [3.05, 3.63) is 12.2 Å². The Morgan fingerprint density at radius 2 is 1.40 bits per heavy atom. The van der Waals surface area contributed by atoms with Crippen LogP contribution in [0.5, 0.6) is 0 Å². The molecule has 3 nitrogen and oxygen atoms in total. The maximum absolute atomic E-state index is 12.0. The monoisotopic (exact) mass is 374 g/mol. The van der Waals surface area contributed by atoms with Crippen molar-refractivity contribution in [1.29, 1.82) is 0 Å². The Morgan fingerprint density at radius 1 is 1.00 bits per heavy atom. The van der Waals surface area contributed by atoms with Crippen LogP contribution in [-0.4, -0.2) is 16.5 Å². The van der Waals surface area contributed by atoms with E-state index in [9.17, 15) is 4.79 Å². The van der Waals surface area contributed by atoms with Crippen LogP contribution in [0.1, 0.15) is 105 Å². The van der Waals surface area contributed by atoms with Crippen molar-refractivity contribution in [2.75, 3.05) is 0 Å². The van der Waals surface area contributed by atoms with Crippen LogP contribution in [0.4, 0.5) is 0 Å². The van der Waals surface area contributed by atoms with Gasteiger partial charge in [0.15, 0.2) is 0 Å². The van der Waals surface area contributed by atoms with Crippen LogP contribution in [-0.2, 0) is 4.79 Å². The molecule has 1 unspecified atom stereocenters.